The Kier molecular flexibility index (Phi) is 6.63. The number of halogens is 1. The first-order valence-corrected chi connectivity index (χ1v) is 12.4. The maximum absolute atomic E-state index is 14.1. The van der Waals surface area contributed by atoms with E-state index >= 15 is 0 Å². The number of hydrogen-bond acceptors (Lipinski definition) is 7. The van der Waals surface area contributed by atoms with Crippen LogP contribution in [-0.2, 0) is 14.8 Å². The van der Waals surface area contributed by atoms with Gasteiger partial charge in [0, 0.05) is 17.5 Å². The first kappa shape index (κ1) is 23.1. The normalized spacial score (nSPS) is 16.5. The minimum Gasteiger partial charge on any atom is -0.493 e. The van der Waals surface area contributed by atoms with E-state index in [2.05, 4.69) is 10.3 Å². The summed E-state index contributed by atoms with van der Waals surface area (Å²) in [5.41, 5.74) is 1.40. The number of thiazole rings is 1. The highest BCUT2D eigenvalue weighted by molar-refractivity contribution is 7.89. The average molecular weight is 492 g/mol. The van der Waals surface area contributed by atoms with Crippen LogP contribution < -0.4 is 14.8 Å². The zero-order valence-electron chi connectivity index (χ0n) is 17.9. The summed E-state index contributed by atoms with van der Waals surface area (Å²) >= 11 is 1.22. The fourth-order valence-corrected chi connectivity index (χ4v) is 6.16. The summed E-state index contributed by atoms with van der Waals surface area (Å²) in [6.45, 7) is 0.142. The number of anilines is 1. The van der Waals surface area contributed by atoms with Crippen LogP contribution in [0.25, 0.3) is 11.3 Å². The lowest BCUT2D eigenvalue weighted by Gasteiger charge is -2.23. The first-order valence-electron chi connectivity index (χ1n) is 10.1. The summed E-state index contributed by atoms with van der Waals surface area (Å²) in [5, 5.41) is 4.82. The van der Waals surface area contributed by atoms with Crippen molar-refractivity contribution in [2.75, 3.05) is 26.1 Å². The summed E-state index contributed by atoms with van der Waals surface area (Å²) in [6, 6.07) is 9.57. The Balaban J connectivity index is 1.52. The lowest BCUT2D eigenvalue weighted by molar-refractivity contribution is -0.119. The molecule has 1 N–H and O–H groups in total. The molecule has 2 aromatic carbocycles. The molecule has 3 aromatic rings. The van der Waals surface area contributed by atoms with Crippen molar-refractivity contribution in [3.8, 4) is 22.8 Å². The van der Waals surface area contributed by atoms with Crippen LogP contribution in [-0.4, -0.2) is 50.4 Å². The molecule has 0 saturated carbocycles. The lowest BCUT2D eigenvalue weighted by atomic mass is 10.1. The molecule has 2 heterocycles. The average Bonchev–Trinajstić information content (AvgIpc) is 3.49. The van der Waals surface area contributed by atoms with Crippen LogP contribution in [0.1, 0.15) is 12.8 Å². The number of carbonyl (C=O) groups is 1. The van der Waals surface area contributed by atoms with Crippen molar-refractivity contribution in [2.24, 2.45) is 0 Å². The Morgan fingerprint density at radius 2 is 1.94 bits per heavy atom. The number of rotatable bonds is 7. The van der Waals surface area contributed by atoms with Crippen molar-refractivity contribution >= 4 is 32.4 Å². The molecule has 33 heavy (non-hydrogen) atoms. The molecular formula is C22H22FN3O5S2. The van der Waals surface area contributed by atoms with Crippen LogP contribution in [0, 0.1) is 5.82 Å². The van der Waals surface area contributed by atoms with Gasteiger partial charge in [-0.2, -0.15) is 4.31 Å². The van der Waals surface area contributed by atoms with E-state index in [1.54, 1.807) is 24.6 Å². The van der Waals surface area contributed by atoms with Gasteiger partial charge in [-0.25, -0.2) is 17.8 Å². The molecule has 1 aliphatic rings. The van der Waals surface area contributed by atoms with Crippen molar-refractivity contribution in [1.82, 2.24) is 9.29 Å². The van der Waals surface area contributed by atoms with E-state index < -0.39 is 32.7 Å². The number of hydrogen-bond donors (Lipinski definition) is 1. The molecule has 0 spiro atoms. The van der Waals surface area contributed by atoms with Crippen LogP contribution in [0.15, 0.2) is 52.7 Å². The Bertz CT molecular complexity index is 1280. The van der Waals surface area contributed by atoms with E-state index in [1.807, 2.05) is 6.07 Å². The quantitative estimate of drug-likeness (QED) is 0.541. The molecule has 11 heteroatoms. The van der Waals surface area contributed by atoms with E-state index in [9.17, 15) is 17.6 Å². The van der Waals surface area contributed by atoms with Crippen LogP contribution in [0.3, 0.4) is 0 Å². The van der Waals surface area contributed by atoms with Crippen molar-refractivity contribution in [3.05, 3.63) is 53.7 Å². The molecule has 1 aromatic heterocycles. The highest BCUT2D eigenvalue weighted by Gasteiger charge is 2.40. The van der Waals surface area contributed by atoms with Gasteiger partial charge in [0.2, 0.25) is 15.9 Å². The van der Waals surface area contributed by atoms with Crippen LogP contribution >= 0.6 is 11.3 Å². The second-order valence-corrected chi connectivity index (χ2v) is 10.0. The number of amides is 1. The van der Waals surface area contributed by atoms with Crippen molar-refractivity contribution in [3.63, 3.8) is 0 Å². The number of benzene rings is 2. The predicted octanol–water partition coefficient (Wildman–Crippen LogP) is 3.76. The number of methoxy groups -OCH3 is 2. The number of nitrogens with one attached hydrogen (secondary N) is 1. The standard InChI is InChI=1S/C22H22FN3O5S2/c1-30-18-10-9-14(12-19(18)31-2)16-13-32-22(24-16)25-21(27)17-7-5-11-26(17)33(28,29)20-8-4-3-6-15(20)23/h3-4,6,8-10,12-13,17H,5,7,11H2,1-2H3,(H,24,25,27). The predicted molar refractivity (Wildman–Crippen MR) is 123 cm³/mol. The van der Waals surface area contributed by atoms with Gasteiger partial charge in [-0.1, -0.05) is 12.1 Å². The van der Waals surface area contributed by atoms with Gasteiger partial charge in [0.1, 0.15) is 16.8 Å². The van der Waals surface area contributed by atoms with Gasteiger partial charge in [0.05, 0.1) is 19.9 Å². The molecule has 1 amide bonds. The monoisotopic (exact) mass is 491 g/mol. The fourth-order valence-electron chi connectivity index (χ4n) is 3.72. The molecule has 1 saturated heterocycles. The maximum Gasteiger partial charge on any atom is 0.246 e. The summed E-state index contributed by atoms with van der Waals surface area (Å²) in [6.07, 6.45) is 0.841. The molecule has 8 nitrogen and oxygen atoms in total. The molecule has 4 rings (SSSR count). The molecular weight excluding hydrogens is 469 g/mol. The SMILES string of the molecule is COc1ccc(-c2csc(NC(=O)C3CCCN3S(=O)(=O)c3ccccc3F)n2)cc1OC. The van der Waals surface area contributed by atoms with E-state index in [-0.39, 0.29) is 6.54 Å². The number of nitrogens with zero attached hydrogens (tertiary/aromatic N) is 2. The molecule has 1 fully saturated rings. The van der Waals surface area contributed by atoms with Crippen molar-refractivity contribution in [2.45, 2.75) is 23.8 Å². The maximum atomic E-state index is 14.1. The molecule has 1 unspecified atom stereocenters. The van der Waals surface area contributed by atoms with Crippen LogP contribution in [0.5, 0.6) is 11.5 Å². The van der Waals surface area contributed by atoms with Gasteiger partial charge in [0.15, 0.2) is 16.6 Å². The van der Waals surface area contributed by atoms with Crippen LogP contribution in [0.2, 0.25) is 0 Å². The molecule has 0 aliphatic carbocycles. The number of carbonyl (C=O) groups excluding carboxylic acids is 1. The van der Waals surface area contributed by atoms with E-state index in [4.69, 9.17) is 9.47 Å². The lowest BCUT2D eigenvalue weighted by Crippen LogP contribution is -2.43. The minimum atomic E-state index is -4.15. The summed E-state index contributed by atoms with van der Waals surface area (Å²) < 4.78 is 51.8. The Labute approximate surface area is 195 Å². The molecule has 174 valence electrons. The smallest absolute Gasteiger partial charge is 0.246 e. The third-order valence-electron chi connectivity index (χ3n) is 5.34. The number of aromatic nitrogens is 1. The van der Waals surface area contributed by atoms with Gasteiger partial charge in [-0.3, -0.25) is 4.79 Å². The van der Waals surface area contributed by atoms with Crippen LogP contribution in [0.4, 0.5) is 9.52 Å². The first-order chi connectivity index (χ1) is 15.8. The van der Waals surface area contributed by atoms with Crippen molar-refractivity contribution in [1.29, 1.82) is 0 Å². The summed E-state index contributed by atoms with van der Waals surface area (Å²) in [7, 11) is -1.07. The summed E-state index contributed by atoms with van der Waals surface area (Å²) in [4.78, 5) is 16.9. The number of ether oxygens (including phenoxy) is 2. The minimum absolute atomic E-state index is 0.142. The second kappa shape index (κ2) is 9.46. The van der Waals surface area contributed by atoms with E-state index in [0.29, 0.717) is 35.2 Å². The fraction of sp³-hybridized carbons (Fsp3) is 0.273. The third-order valence-corrected chi connectivity index (χ3v) is 8.04. The topological polar surface area (TPSA) is 97.8 Å². The largest absolute Gasteiger partial charge is 0.493 e. The zero-order chi connectivity index (χ0) is 23.6. The second-order valence-electron chi connectivity index (χ2n) is 7.30. The van der Waals surface area contributed by atoms with Crippen molar-refractivity contribution < 1.29 is 27.1 Å². The number of sulfonamides is 1. The van der Waals surface area contributed by atoms with E-state index in [1.165, 1.54) is 36.6 Å². The van der Waals surface area contributed by atoms with Gasteiger partial charge in [-0.15, -0.1) is 11.3 Å². The Hall–Kier alpha value is -3.02. The Morgan fingerprint density at radius 1 is 1.18 bits per heavy atom. The molecule has 1 atom stereocenters. The molecule has 0 radical (unpaired) electrons. The third kappa shape index (κ3) is 4.56. The summed E-state index contributed by atoms with van der Waals surface area (Å²) in [5.74, 6) is -0.209. The van der Waals surface area contributed by atoms with E-state index in [0.717, 1.165) is 15.9 Å². The van der Waals surface area contributed by atoms with Gasteiger partial charge < -0.3 is 14.8 Å². The van der Waals surface area contributed by atoms with Gasteiger partial charge >= 0.3 is 0 Å². The zero-order valence-corrected chi connectivity index (χ0v) is 19.6. The van der Waals surface area contributed by atoms with Gasteiger partial charge in [0.25, 0.3) is 0 Å². The highest BCUT2D eigenvalue weighted by atomic mass is 32.2. The molecule has 1 aliphatic heterocycles. The molecule has 0 bridgehead atoms. The highest BCUT2D eigenvalue weighted by Crippen LogP contribution is 2.34. The Morgan fingerprint density at radius 3 is 2.67 bits per heavy atom. The van der Waals surface area contributed by atoms with Gasteiger partial charge in [-0.05, 0) is 43.2 Å².